The van der Waals surface area contributed by atoms with Crippen LogP contribution in [0.15, 0.2) is 84.9 Å². The van der Waals surface area contributed by atoms with Crippen molar-refractivity contribution in [2.45, 2.75) is 25.1 Å². The number of amides is 1. The summed E-state index contributed by atoms with van der Waals surface area (Å²) in [4.78, 5) is 17.4. The van der Waals surface area contributed by atoms with Gasteiger partial charge in [0.15, 0.2) is 0 Å². The number of aliphatic hydroxyl groups excluding tert-OH is 1. The molecule has 2 aliphatic rings. The first-order chi connectivity index (χ1) is 17.0. The van der Waals surface area contributed by atoms with Crippen LogP contribution in [0.1, 0.15) is 39.5 Å². The summed E-state index contributed by atoms with van der Waals surface area (Å²) >= 11 is 0. The van der Waals surface area contributed by atoms with Crippen molar-refractivity contribution in [1.82, 2.24) is 9.80 Å². The molecule has 2 unspecified atom stereocenters. The van der Waals surface area contributed by atoms with Crippen molar-refractivity contribution in [3.63, 3.8) is 0 Å². The van der Waals surface area contributed by atoms with Crippen LogP contribution in [-0.2, 0) is 6.54 Å². The first-order valence-corrected chi connectivity index (χ1v) is 12.5. The summed E-state index contributed by atoms with van der Waals surface area (Å²) in [5.74, 6) is -0.380. The minimum atomic E-state index is -0.889. The largest absolute Gasteiger partial charge is 0.625 e. The van der Waals surface area contributed by atoms with Crippen LogP contribution >= 0.6 is 0 Å². The number of quaternary nitrogens is 1. The summed E-state index contributed by atoms with van der Waals surface area (Å²) in [6.45, 7) is 4.31. The number of benzene rings is 3. The van der Waals surface area contributed by atoms with E-state index in [9.17, 15) is 15.1 Å². The van der Waals surface area contributed by atoms with Crippen LogP contribution in [0, 0.1) is 5.21 Å². The van der Waals surface area contributed by atoms with Crippen LogP contribution in [0.2, 0.25) is 0 Å². The first-order valence-electron chi connectivity index (χ1n) is 12.5. The van der Waals surface area contributed by atoms with E-state index in [-0.39, 0.29) is 25.0 Å². The van der Waals surface area contributed by atoms with Gasteiger partial charge in [0, 0.05) is 44.7 Å². The fourth-order valence-electron chi connectivity index (χ4n) is 5.45. The highest BCUT2D eigenvalue weighted by atomic mass is 16.6. The number of carbonyl (C=O) groups is 1. The van der Waals surface area contributed by atoms with Crippen LogP contribution in [0.5, 0.6) is 0 Å². The third kappa shape index (κ3) is 5.22. The lowest BCUT2D eigenvalue weighted by Crippen LogP contribution is -2.50. The molecule has 0 saturated carbocycles. The van der Waals surface area contributed by atoms with Gasteiger partial charge in [0.25, 0.3) is 0 Å². The first kappa shape index (κ1) is 23.9. The highest BCUT2D eigenvalue weighted by molar-refractivity contribution is 5.92. The van der Waals surface area contributed by atoms with Crippen molar-refractivity contribution < 1.29 is 14.5 Å². The van der Waals surface area contributed by atoms with Crippen LogP contribution in [0.4, 0.5) is 0 Å². The lowest BCUT2D eigenvalue weighted by Gasteiger charge is -2.40. The minimum absolute atomic E-state index is 0.110. The highest BCUT2D eigenvalue weighted by Gasteiger charge is 2.38. The van der Waals surface area contributed by atoms with Crippen molar-refractivity contribution in [3.05, 3.63) is 112 Å². The molecule has 6 nitrogen and oxygen atoms in total. The van der Waals surface area contributed by atoms with E-state index < -0.39 is 10.8 Å². The lowest BCUT2D eigenvalue weighted by atomic mass is 9.96. The van der Waals surface area contributed by atoms with Crippen LogP contribution in [0.25, 0.3) is 0 Å². The maximum atomic E-state index is 13.1. The Labute approximate surface area is 207 Å². The van der Waals surface area contributed by atoms with Gasteiger partial charge in [0.2, 0.25) is 0 Å². The molecule has 1 N–H and O–H groups in total. The second kappa shape index (κ2) is 10.4. The maximum Gasteiger partial charge on any atom is 0.346 e. The van der Waals surface area contributed by atoms with E-state index >= 15 is 0 Å². The van der Waals surface area contributed by atoms with E-state index in [1.54, 1.807) is 12.1 Å². The molecule has 2 heterocycles. The Morgan fingerprint density at radius 3 is 2.00 bits per heavy atom. The third-order valence-electron chi connectivity index (χ3n) is 7.34. The Kier molecular flexibility index (Phi) is 7.09. The Hall–Kier alpha value is -2.87. The lowest BCUT2D eigenvalue weighted by molar-refractivity contribution is -0.808. The van der Waals surface area contributed by atoms with Gasteiger partial charge in [-0.25, -0.2) is 4.79 Å². The summed E-state index contributed by atoms with van der Waals surface area (Å²) in [6.07, 6.45) is -0.304. The van der Waals surface area contributed by atoms with Crippen molar-refractivity contribution in [2.24, 2.45) is 0 Å². The number of hydrogen-bond acceptors (Lipinski definition) is 5. The molecular formula is C29H33N3O3. The molecule has 0 spiro atoms. The molecule has 182 valence electrons. The molecular weight excluding hydrogens is 438 g/mol. The number of fused-ring (bicyclic) bond motifs is 1. The van der Waals surface area contributed by atoms with Gasteiger partial charge in [0.1, 0.15) is 6.54 Å². The molecule has 0 bridgehead atoms. The van der Waals surface area contributed by atoms with Crippen molar-refractivity contribution >= 4 is 5.91 Å². The monoisotopic (exact) mass is 471 g/mol. The highest BCUT2D eigenvalue weighted by Crippen LogP contribution is 2.31. The number of hydroxylamine groups is 3. The summed E-state index contributed by atoms with van der Waals surface area (Å²) in [6, 6.07) is 28.6. The van der Waals surface area contributed by atoms with Crippen LogP contribution in [0.3, 0.4) is 0 Å². The summed E-state index contributed by atoms with van der Waals surface area (Å²) < 4.78 is -0.889. The fraction of sp³-hybridized carbons (Fsp3) is 0.345. The molecule has 35 heavy (non-hydrogen) atoms. The summed E-state index contributed by atoms with van der Waals surface area (Å²) in [5, 5.41) is 23.8. The normalized spacial score (nSPS) is 21.9. The second-order valence-electron chi connectivity index (χ2n) is 9.74. The molecule has 3 aromatic carbocycles. The fourth-order valence-corrected chi connectivity index (χ4v) is 5.45. The number of carbonyl (C=O) groups excluding carboxylic acids is 1. The van der Waals surface area contributed by atoms with Crippen molar-refractivity contribution in [2.75, 3.05) is 39.3 Å². The van der Waals surface area contributed by atoms with E-state index in [0.29, 0.717) is 18.5 Å². The molecule has 0 radical (unpaired) electrons. The van der Waals surface area contributed by atoms with Crippen LogP contribution in [-0.4, -0.2) is 70.8 Å². The number of hydrogen-bond donors (Lipinski definition) is 1. The minimum Gasteiger partial charge on any atom is -0.625 e. The van der Waals surface area contributed by atoms with Gasteiger partial charge in [-0.3, -0.25) is 14.4 Å². The molecule has 0 aliphatic carbocycles. The average Bonchev–Trinajstić information content (AvgIpc) is 3.15. The van der Waals surface area contributed by atoms with E-state index in [1.165, 1.54) is 11.1 Å². The number of rotatable bonds is 8. The predicted molar refractivity (Wildman–Crippen MR) is 136 cm³/mol. The Morgan fingerprint density at radius 1 is 0.829 bits per heavy atom. The zero-order valence-electron chi connectivity index (χ0n) is 20.0. The second-order valence-corrected chi connectivity index (χ2v) is 9.74. The maximum absolute atomic E-state index is 13.1. The SMILES string of the molecule is O=C1c2ccccc2C[N+]1([O-])CCC(O)CN1CCN(C(c2ccccc2)c2ccccc2)CC1. The van der Waals surface area contributed by atoms with Gasteiger partial charge in [-0.15, -0.1) is 0 Å². The van der Waals surface area contributed by atoms with Gasteiger partial charge in [-0.05, 0) is 17.2 Å². The van der Waals surface area contributed by atoms with E-state index in [1.807, 2.05) is 24.3 Å². The molecule has 0 aromatic heterocycles. The standard InChI is InChI=1S/C29H33N3O3/c33-26(15-20-32(35)22-25-13-7-8-14-27(25)29(32)34)21-30-16-18-31(19-17-30)28(23-9-3-1-4-10-23)24-11-5-2-6-12-24/h1-14,26,28,33H,15-22H2. The van der Waals surface area contributed by atoms with Gasteiger partial charge in [-0.2, -0.15) is 0 Å². The molecule has 2 aliphatic heterocycles. The van der Waals surface area contributed by atoms with Gasteiger partial charge >= 0.3 is 5.91 Å². The molecule has 6 heteroatoms. The van der Waals surface area contributed by atoms with Crippen molar-refractivity contribution in [3.8, 4) is 0 Å². The van der Waals surface area contributed by atoms with Crippen molar-refractivity contribution in [1.29, 1.82) is 0 Å². The smallest absolute Gasteiger partial charge is 0.346 e. The number of β-amino-alcohol motifs (C(OH)–C–C–N with tert-alkyl or cyclic N) is 1. The van der Waals surface area contributed by atoms with Gasteiger partial charge in [0.05, 0.1) is 24.3 Å². The topological polar surface area (TPSA) is 66.8 Å². The number of piperazine rings is 1. The zero-order valence-corrected chi connectivity index (χ0v) is 20.0. The number of nitrogens with zero attached hydrogens (tertiary/aromatic N) is 3. The summed E-state index contributed by atoms with van der Waals surface area (Å²) in [5.41, 5.74) is 3.91. The Morgan fingerprint density at radius 2 is 1.40 bits per heavy atom. The quantitative estimate of drug-likeness (QED) is 0.400. The Bertz CT molecular complexity index is 1090. The number of aliphatic hydroxyl groups is 1. The molecule has 1 amide bonds. The van der Waals surface area contributed by atoms with Crippen LogP contribution < -0.4 is 0 Å². The predicted octanol–water partition coefficient (Wildman–Crippen LogP) is 3.81. The molecule has 2 atom stereocenters. The van der Waals surface area contributed by atoms with E-state index in [2.05, 4.69) is 58.3 Å². The molecule has 1 fully saturated rings. The van der Waals surface area contributed by atoms with E-state index in [4.69, 9.17) is 0 Å². The molecule has 3 aromatic rings. The molecule has 5 rings (SSSR count). The average molecular weight is 472 g/mol. The summed E-state index contributed by atoms with van der Waals surface area (Å²) in [7, 11) is 0. The Balaban J connectivity index is 1.15. The van der Waals surface area contributed by atoms with E-state index in [0.717, 1.165) is 31.7 Å². The third-order valence-corrected chi connectivity index (χ3v) is 7.34. The van der Waals surface area contributed by atoms with Gasteiger partial charge < -0.3 is 10.3 Å². The molecule has 1 saturated heterocycles. The van der Waals surface area contributed by atoms with Gasteiger partial charge in [-0.1, -0.05) is 78.9 Å². The zero-order chi connectivity index (χ0) is 24.3.